The molecule has 1 aromatic carbocycles. The molecule has 0 saturated carbocycles. The van der Waals surface area contributed by atoms with Gasteiger partial charge in [-0.2, -0.15) is 0 Å². The predicted octanol–water partition coefficient (Wildman–Crippen LogP) is 5.00. The number of esters is 1. The number of amides is 1. The topological polar surface area (TPSA) is 64.6 Å². The summed E-state index contributed by atoms with van der Waals surface area (Å²) in [5.74, 6) is 0.341. The summed E-state index contributed by atoms with van der Waals surface area (Å²) < 4.78 is 11.0. The number of hydrogen-bond donors (Lipinski definition) is 1. The highest BCUT2D eigenvalue weighted by molar-refractivity contribution is 7.17. The molecular formula is C22H27NO4S. The lowest BCUT2D eigenvalue weighted by molar-refractivity contribution is -0.118. The maximum absolute atomic E-state index is 12.6. The van der Waals surface area contributed by atoms with Gasteiger partial charge in [0.05, 0.1) is 12.2 Å². The van der Waals surface area contributed by atoms with Crippen molar-refractivity contribution in [2.75, 3.05) is 18.5 Å². The maximum Gasteiger partial charge on any atom is 0.341 e. The molecule has 1 atom stereocenters. The van der Waals surface area contributed by atoms with E-state index in [1.807, 2.05) is 32.0 Å². The Hall–Kier alpha value is -2.34. The van der Waals surface area contributed by atoms with Crippen LogP contribution in [0.15, 0.2) is 18.2 Å². The van der Waals surface area contributed by atoms with Crippen molar-refractivity contribution >= 4 is 28.2 Å². The van der Waals surface area contributed by atoms with Crippen molar-refractivity contribution in [1.82, 2.24) is 0 Å². The lowest BCUT2D eigenvalue weighted by Crippen LogP contribution is -2.22. The van der Waals surface area contributed by atoms with Crippen molar-refractivity contribution in [3.63, 3.8) is 0 Å². The van der Waals surface area contributed by atoms with Gasteiger partial charge in [0, 0.05) is 4.88 Å². The number of nitrogens with one attached hydrogen (secondary N) is 1. The van der Waals surface area contributed by atoms with Crippen molar-refractivity contribution in [3.8, 4) is 5.75 Å². The quantitative estimate of drug-likeness (QED) is 0.692. The van der Waals surface area contributed by atoms with E-state index in [1.54, 1.807) is 6.92 Å². The van der Waals surface area contributed by atoms with E-state index in [9.17, 15) is 9.59 Å². The molecule has 0 aliphatic heterocycles. The molecule has 0 radical (unpaired) electrons. The van der Waals surface area contributed by atoms with Gasteiger partial charge < -0.3 is 14.8 Å². The van der Waals surface area contributed by atoms with Gasteiger partial charge in [0.25, 0.3) is 5.91 Å². The molecule has 1 aliphatic carbocycles. The molecule has 1 heterocycles. The van der Waals surface area contributed by atoms with Crippen LogP contribution in [-0.4, -0.2) is 25.1 Å². The lowest BCUT2D eigenvalue weighted by Gasteiger charge is -2.19. The first-order valence-electron chi connectivity index (χ1n) is 9.73. The third-order valence-corrected chi connectivity index (χ3v) is 6.17. The van der Waals surface area contributed by atoms with Crippen LogP contribution in [0, 0.1) is 13.8 Å². The average molecular weight is 402 g/mol. The van der Waals surface area contributed by atoms with E-state index in [0.29, 0.717) is 22.9 Å². The molecule has 1 unspecified atom stereocenters. The molecule has 28 heavy (non-hydrogen) atoms. The molecule has 1 N–H and O–H groups in total. The number of carbonyl (C=O) groups excluding carboxylic acids is 2. The Balaban J connectivity index is 1.78. The highest BCUT2D eigenvalue weighted by Crippen LogP contribution is 2.43. The van der Waals surface area contributed by atoms with E-state index in [1.165, 1.54) is 16.2 Å². The standard InChI is InChI=1S/C22H27NO4S/c1-5-26-22(25)20-19-15(4)7-6-8-17(19)28-21(20)23-18(24)12-27-16-11-13(2)9-10-14(16)3/h9-11,15H,5-8,12H2,1-4H3,(H,23,24). The summed E-state index contributed by atoms with van der Waals surface area (Å²) in [6.07, 6.45) is 3.07. The van der Waals surface area contributed by atoms with E-state index in [-0.39, 0.29) is 24.4 Å². The molecule has 1 aromatic heterocycles. The van der Waals surface area contributed by atoms with Crippen LogP contribution in [0.2, 0.25) is 0 Å². The van der Waals surface area contributed by atoms with Gasteiger partial charge in [0.1, 0.15) is 10.8 Å². The Labute approximate surface area is 170 Å². The largest absolute Gasteiger partial charge is 0.483 e. The van der Waals surface area contributed by atoms with Crippen LogP contribution in [0.3, 0.4) is 0 Å². The minimum absolute atomic E-state index is 0.106. The first-order valence-corrected chi connectivity index (χ1v) is 10.5. The minimum atomic E-state index is -0.362. The second kappa shape index (κ2) is 8.78. The van der Waals surface area contributed by atoms with E-state index in [0.717, 1.165) is 36.0 Å². The summed E-state index contributed by atoms with van der Waals surface area (Å²) in [6, 6.07) is 5.89. The molecule has 0 fully saturated rings. The van der Waals surface area contributed by atoms with Crippen molar-refractivity contribution in [2.24, 2.45) is 0 Å². The van der Waals surface area contributed by atoms with Crippen molar-refractivity contribution in [3.05, 3.63) is 45.3 Å². The first kappa shape index (κ1) is 20.4. The zero-order valence-corrected chi connectivity index (χ0v) is 17.7. The lowest BCUT2D eigenvalue weighted by atomic mass is 9.86. The third-order valence-electron chi connectivity index (χ3n) is 4.99. The van der Waals surface area contributed by atoms with Gasteiger partial charge in [0.2, 0.25) is 0 Å². The minimum Gasteiger partial charge on any atom is -0.483 e. The number of rotatable bonds is 6. The number of thiophene rings is 1. The number of anilines is 1. The van der Waals surface area contributed by atoms with E-state index < -0.39 is 0 Å². The Kier molecular flexibility index (Phi) is 6.39. The Morgan fingerprint density at radius 1 is 1.29 bits per heavy atom. The molecule has 3 rings (SSSR count). The fraction of sp³-hybridized carbons (Fsp3) is 0.455. The van der Waals surface area contributed by atoms with Crippen molar-refractivity contribution < 1.29 is 19.1 Å². The zero-order chi connectivity index (χ0) is 20.3. The van der Waals surface area contributed by atoms with Crippen LogP contribution in [0.4, 0.5) is 5.00 Å². The van der Waals surface area contributed by atoms with Crippen molar-refractivity contribution in [2.45, 2.75) is 52.9 Å². The molecule has 1 aliphatic rings. The second-order valence-corrected chi connectivity index (χ2v) is 8.37. The molecule has 6 heteroatoms. The van der Waals surface area contributed by atoms with Gasteiger partial charge >= 0.3 is 5.97 Å². The third kappa shape index (κ3) is 4.38. The summed E-state index contributed by atoms with van der Waals surface area (Å²) >= 11 is 1.49. The van der Waals surface area contributed by atoms with Crippen LogP contribution in [0.25, 0.3) is 0 Å². The summed E-state index contributed by atoms with van der Waals surface area (Å²) in [5, 5.41) is 3.46. The molecule has 0 spiro atoms. The van der Waals surface area contributed by atoms with E-state index >= 15 is 0 Å². The monoisotopic (exact) mass is 401 g/mol. The Bertz CT molecular complexity index is 887. The van der Waals surface area contributed by atoms with Crippen LogP contribution in [-0.2, 0) is 16.0 Å². The molecular weight excluding hydrogens is 374 g/mol. The van der Waals surface area contributed by atoms with Gasteiger partial charge in [-0.25, -0.2) is 4.79 Å². The number of benzene rings is 1. The summed E-state index contributed by atoms with van der Waals surface area (Å²) in [7, 11) is 0. The SMILES string of the molecule is CCOC(=O)c1c(NC(=O)COc2cc(C)ccc2C)sc2c1C(C)CCC2. The highest BCUT2D eigenvalue weighted by atomic mass is 32.1. The molecule has 0 bridgehead atoms. The summed E-state index contributed by atoms with van der Waals surface area (Å²) in [5.41, 5.74) is 3.62. The highest BCUT2D eigenvalue weighted by Gasteiger charge is 2.30. The molecule has 150 valence electrons. The maximum atomic E-state index is 12.6. The van der Waals surface area contributed by atoms with E-state index in [4.69, 9.17) is 9.47 Å². The number of aryl methyl sites for hydroxylation is 3. The molecule has 2 aromatic rings. The number of carbonyl (C=O) groups is 2. The number of fused-ring (bicyclic) bond motifs is 1. The van der Waals surface area contributed by atoms with Gasteiger partial charge in [-0.1, -0.05) is 19.1 Å². The van der Waals surface area contributed by atoms with Crippen LogP contribution >= 0.6 is 11.3 Å². The van der Waals surface area contributed by atoms with Crippen LogP contribution in [0.1, 0.15) is 64.5 Å². The van der Waals surface area contributed by atoms with Crippen LogP contribution in [0.5, 0.6) is 5.75 Å². The molecule has 0 saturated heterocycles. The normalized spacial score (nSPS) is 15.6. The van der Waals surface area contributed by atoms with Gasteiger partial charge in [0.15, 0.2) is 6.61 Å². The van der Waals surface area contributed by atoms with Crippen LogP contribution < -0.4 is 10.1 Å². The average Bonchev–Trinajstić information content (AvgIpc) is 3.02. The fourth-order valence-corrected chi connectivity index (χ4v) is 4.94. The zero-order valence-electron chi connectivity index (χ0n) is 16.9. The number of hydrogen-bond acceptors (Lipinski definition) is 5. The predicted molar refractivity (Wildman–Crippen MR) is 112 cm³/mol. The Morgan fingerprint density at radius 3 is 2.82 bits per heavy atom. The smallest absolute Gasteiger partial charge is 0.341 e. The summed E-state index contributed by atoms with van der Waals surface area (Å²) in [4.78, 5) is 26.3. The Morgan fingerprint density at radius 2 is 2.07 bits per heavy atom. The number of ether oxygens (including phenoxy) is 2. The fourth-order valence-electron chi connectivity index (χ4n) is 3.57. The van der Waals surface area contributed by atoms with Gasteiger partial charge in [-0.05, 0) is 68.7 Å². The second-order valence-electron chi connectivity index (χ2n) is 7.26. The first-order chi connectivity index (χ1) is 13.4. The van der Waals surface area contributed by atoms with Crippen molar-refractivity contribution in [1.29, 1.82) is 0 Å². The van der Waals surface area contributed by atoms with E-state index in [2.05, 4.69) is 12.2 Å². The molecule has 5 nitrogen and oxygen atoms in total. The molecule has 1 amide bonds. The summed E-state index contributed by atoms with van der Waals surface area (Å²) in [6.45, 7) is 8.04. The van der Waals surface area contributed by atoms with Gasteiger partial charge in [-0.3, -0.25) is 4.79 Å². The van der Waals surface area contributed by atoms with Gasteiger partial charge in [-0.15, -0.1) is 11.3 Å².